The van der Waals surface area contributed by atoms with Crippen LogP contribution in [0.25, 0.3) is 5.57 Å². The summed E-state index contributed by atoms with van der Waals surface area (Å²) in [5.41, 5.74) is 2.19. The van der Waals surface area contributed by atoms with E-state index in [2.05, 4.69) is 19.9 Å². The number of benzene rings is 1. The van der Waals surface area contributed by atoms with Gasteiger partial charge in [0, 0.05) is 0 Å². The number of carbonyl (C=O) groups is 1. The quantitative estimate of drug-likeness (QED) is 0.764. The van der Waals surface area contributed by atoms with Crippen molar-refractivity contribution in [2.45, 2.75) is 38.9 Å². The highest BCUT2D eigenvalue weighted by Crippen LogP contribution is 2.41. The summed E-state index contributed by atoms with van der Waals surface area (Å²) in [6, 6.07) is 7.43. The Morgan fingerprint density at radius 1 is 1.11 bits per heavy atom. The molecule has 2 rings (SSSR count). The molecular formula is C16H20O3. The Labute approximate surface area is 114 Å². The van der Waals surface area contributed by atoms with E-state index in [9.17, 15) is 4.79 Å². The molecule has 3 nitrogen and oxygen atoms in total. The second kappa shape index (κ2) is 4.49. The van der Waals surface area contributed by atoms with Gasteiger partial charge in [0.25, 0.3) is 0 Å². The van der Waals surface area contributed by atoms with Crippen molar-refractivity contribution in [3.05, 3.63) is 41.5 Å². The minimum Gasteiger partial charge on any atom is -0.465 e. The van der Waals surface area contributed by atoms with Gasteiger partial charge in [-0.2, -0.15) is 0 Å². The second-order valence-corrected chi connectivity index (χ2v) is 5.84. The van der Waals surface area contributed by atoms with E-state index in [0.29, 0.717) is 5.56 Å². The number of carbonyl (C=O) groups excluding carboxylic acids is 1. The molecule has 0 fully saturated rings. The van der Waals surface area contributed by atoms with Crippen LogP contribution in [0, 0.1) is 0 Å². The van der Waals surface area contributed by atoms with Gasteiger partial charge in [-0.25, -0.2) is 4.79 Å². The summed E-state index contributed by atoms with van der Waals surface area (Å²) in [5, 5.41) is 0. The largest absolute Gasteiger partial charge is 0.465 e. The molecule has 0 aliphatic carbocycles. The summed E-state index contributed by atoms with van der Waals surface area (Å²) in [5.74, 6) is -0.317. The Balaban J connectivity index is 2.35. The zero-order valence-corrected chi connectivity index (χ0v) is 12.1. The minimum atomic E-state index is -0.323. The van der Waals surface area contributed by atoms with Gasteiger partial charge in [0.15, 0.2) is 0 Å². The van der Waals surface area contributed by atoms with Crippen molar-refractivity contribution in [2.75, 3.05) is 7.11 Å². The molecule has 0 atom stereocenters. The molecule has 0 unspecified atom stereocenters. The Morgan fingerprint density at radius 2 is 1.68 bits per heavy atom. The smallest absolute Gasteiger partial charge is 0.337 e. The second-order valence-electron chi connectivity index (χ2n) is 5.84. The number of ether oxygens (including phenoxy) is 2. The molecule has 0 amide bonds. The molecule has 3 heteroatoms. The SMILES string of the molecule is COC(=O)c1ccc(C2=CC(C)(C)OC2(C)C)cc1. The first-order valence-electron chi connectivity index (χ1n) is 6.37. The summed E-state index contributed by atoms with van der Waals surface area (Å²) < 4.78 is 10.7. The lowest BCUT2D eigenvalue weighted by Gasteiger charge is -2.27. The topological polar surface area (TPSA) is 35.5 Å². The van der Waals surface area contributed by atoms with E-state index < -0.39 is 0 Å². The summed E-state index contributed by atoms with van der Waals surface area (Å²) in [7, 11) is 1.38. The fraction of sp³-hybridized carbons (Fsp3) is 0.438. The Kier molecular flexibility index (Phi) is 3.27. The fourth-order valence-electron chi connectivity index (χ4n) is 2.60. The predicted octanol–water partition coefficient (Wildman–Crippen LogP) is 3.44. The normalized spacial score (nSPS) is 19.9. The van der Waals surface area contributed by atoms with Crippen molar-refractivity contribution < 1.29 is 14.3 Å². The standard InChI is InChI=1S/C16H20O3/c1-15(2)10-13(16(3,4)19-15)11-6-8-12(9-7-11)14(17)18-5/h6-10H,1-5H3. The van der Waals surface area contributed by atoms with E-state index in [1.165, 1.54) is 7.11 Å². The maximum Gasteiger partial charge on any atom is 0.337 e. The van der Waals surface area contributed by atoms with Crippen molar-refractivity contribution in [3.8, 4) is 0 Å². The molecular weight excluding hydrogens is 240 g/mol. The van der Waals surface area contributed by atoms with Gasteiger partial charge in [-0.05, 0) is 57.0 Å². The summed E-state index contributed by atoms with van der Waals surface area (Å²) in [6.07, 6.45) is 2.14. The van der Waals surface area contributed by atoms with Crippen molar-refractivity contribution >= 4 is 11.5 Å². The maximum atomic E-state index is 11.4. The van der Waals surface area contributed by atoms with E-state index in [-0.39, 0.29) is 17.2 Å². The number of esters is 1. The Hall–Kier alpha value is -1.61. The molecule has 0 aromatic heterocycles. The van der Waals surface area contributed by atoms with Crippen LogP contribution < -0.4 is 0 Å². The lowest BCUT2D eigenvalue weighted by Crippen LogP contribution is -2.28. The molecule has 0 bridgehead atoms. The van der Waals surface area contributed by atoms with Gasteiger partial charge in [0.2, 0.25) is 0 Å². The summed E-state index contributed by atoms with van der Waals surface area (Å²) in [4.78, 5) is 11.4. The summed E-state index contributed by atoms with van der Waals surface area (Å²) >= 11 is 0. The molecule has 1 aliphatic heterocycles. The third kappa shape index (κ3) is 2.71. The molecule has 1 heterocycles. The average Bonchev–Trinajstić information content (AvgIpc) is 2.56. The zero-order valence-electron chi connectivity index (χ0n) is 12.1. The molecule has 0 saturated carbocycles. The van der Waals surface area contributed by atoms with Crippen LogP contribution in [0.4, 0.5) is 0 Å². The third-order valence-electron chi connectivity index (χ3n) is 3.28. The molecule has 1 aliphatic rings. The Bertz CT molecular complexity index is 521. The van der Waals surface area contributed by atoms with Crippen LogP contribution in [0.15, 0.2) is 30.3 Å². The van der Waals surface area contributed by atoms with Crippen LogP contribution >= 0.6 is 0 Å². The van der Waals surface area contributed by atoms with Crippen LogP contribution in [0.2, 0.25) is 0 Å². The van der Waals surface area contributed by atoms with Crippen LogP contribution in [0.1, 0.15) is 43.6 Å². The number of methoxy groups -OCH3 is 1. The van der Waals surface area contributed by atoms with Gasteiger partial charge in [-0.1, -0.05) is 12.1 Å². The molecule has 19 heavy (non-hydrogen) atoms. The first kappa shape index (κ1) is 13.8. The van der Waals surface area contributed by atoms with Crippen molar-refractivity contribution in [1.82, 2.24) is 0 Å². The monoisotopic (exact) mass is 260 g/mol. The van der Waals surface area contributed by atoms with E-state index >= 15 is 0 Å². The van der Waals surface area contributed by atoms with Crippen molar-refractivity contribution in [2.24, 2.45) is 0 Å². The fourth-order valence-corrected chi connectivity index (χ4v) is 2.60. The minimum absolute atomic E-state index is 0.264. The molecule has 1 aromatic rings. The van der Waals surface area contributed by atoms with E-state index in [1.807, 2.05) is 26.0 Å². The highest BCUT2D eigenvalue weighted by molar-refractivity contribution is 5.90. The third-order valence-corrected chi connectivity index (χ3v) is 3.28. The Morgan fingerprint density at radius 3 is 2.11 bits per heavy atom. The van der Waals surface area contributed by atoms with Crippen molar-refractivity contribution in [1.29, 1.82) is 0 Å². The first-order chi connectivity index (χ1) is 8.75. The van der Waals surface area contributed by atoms with Crippen LogP contribution in [0.5, 0.6) is 0 Å². The van der Waals surface area contributed by atoms with Crippen LogP contribution in [-0.2, 0) is 9.47 Å². The first-order valence-corrected chi connectivity index (χ1v) is 6.37. The average molecular weight is 260 g/mol. The number of hydrogen-bond acceptors (Lipinski definition) is 3. The number of rotatable bonds is 2. The van der Waals surface area contributed by atoms with Crippen LogP contribution in [0.3, 0.4) is 0 Å². The molecule has 1 aromatic carbocycles. The number of hydrogen-bond donors (Lipinski definition) is 0. The van der Waals surface area contributed by atoms with Gasteiger partial charge in [0.1, 0.15) is 0 Å². The molecule has 0 radical (unpaired) electrons. The zero-order chi connectivity index (χ0) is 14.3. The molecule has 0 spiro atoms. The maximum absolute atomic E-state index is 11.4. The van der Waals surface area contributed by atoms with E-state index in [1.54, 1.807) is 12.1 Å². The van der Waals surface area contributed by atoms with E-state index in [0.717, 1.165) is 11.1 Å². The van der Waals surface area contributed by atoms with E-state index in [4.69, 9.17) is 9.47 Å². The summed E-state index contributed by atoms with van der Waals surface area (Å²) in [6.45, 7) is 8.21. The molecule has 0 saturated heterocycles. The predicted molar refractivity (Wildman–Crippen MR) is 75.0 cm³/mol. The lowest BCUT2D eigenvalue weighted by atomic mass is 9.91. The lowest BCUT2D eigenvalue weighted by molar-refractivity contribution is -0.0443. The van der Waals surface area contributed by atoms with Gasteiger partial charge in [0.05, 0.1) is 23.9 Å². The van der Waals surface area contributed by atoms with Gasteiger partial charge < -0.3 is 9.47 Å². The van der Waals surface area contributed by atoms with Crippen molar-refractivity contribution in [3.63, 3.8) is 0 Å². The van der Waals surface area contributed by atoms with Gasteiger partial charge >= 0.3 is 5.97 Å². The van der Waals surface area contributed by atoms with Crippen LogP contribution in [-0.4, -0.2) is 24.3 Å². The van der Waals surface area contributed by atoms with Gasteiger partial charge in [-0.3, -0.25) is 0 Å². The molecule has 0 N–H and O–H groups in total. The highest BCUT2D eigenvalue weighted by atomic mass is 16.5. The molecule has 102 valence electrons. The highest BCUT2D eigenvalue weighted by Gasteiger charge is 2.39. The van der Waals surface area contributed by atoms with Gasteiger partial charge in [-0.15, -0.1) is 0 Å².